The van der Waals surface area contributed by atoms with Crippen LogP contribution in [-0.4, -0.2) is 32.2 Å². The Morgan fingerprint density at radius 3 is 2.70 bits per heavy atom. The van der Waals surface area contributed by atoms with Gasteiger partial charge in [-0.2, -0.15) is 4.98 Å². The number of hydrogen-bond donors (Lipinski definition) is 1. The van der Waals surface area contributed by atoms with Crippen LogP contribution in [0.15, 0.2) is 27.6 Å². The molecule has 0 aliphatic carbocycles. The lowest BCUT2D eigenvalue weighted by Crippen LogP contribution is -2.18. The van der Waals surface area contributed by atoms with Crippen molar-refractivity contribution in [3.8, 4) is 17.2 Å². The van der Waals surface area contributed by atoms with Crippen LogP contribution in [0.4, 0.5) is 0 Å². The van der Waals surface area contributed by atoms with Crippen LogP contribution >= 0.6 is 0 Å². The highest BCUT2D eigenvalue weighted by atomic mass is 32.2. The Labute approximate surface area is 117 Å². The second-order valence-electron chi connectivity index (χ2n) is 3.95. The van der Waals surface area contributed by atoms with Gasteiger partial charge < -0.3 is 9.26 Å². The highest BCUT2D eigenvalue weighted by Crippen LogP contribution is 2.31. The van der Waals surface area contributed by atoms with E-state index in [2.05, 4.69) is 14.9 Å². The summed E-state index contributed by atoms with van der Waals surface area (Å²) in [5.74, 6) is 1.18. The molecule has 0 saturated carbocycles. The largest absolute Gasteiger partial charge is 0.493 e. The number of aromatic nitrogens is 2. The summed E-state index contributed by atoms with van der Waals surface area (Å²) in [5.41, 5.74) is 0.448. The molecule has 0 radical (unpaired) electrons. The van der Waals surface area contributed by atoms with Gasteiger partial charge in [0.2, 0.25) is 10.0 Å². The fourth-order valence-electron chi connectivity index (χ4n) is 1.65. The fourth-order valence-corrected chi connectivity index (χ4v) is 2.40. The molecule has 0 saturated heterocycles. The number of hydrogen-bond acceptors (Lipinski definition) is 6. The molecular formula is C12H15N3O4S. The summed E-state index contributed by atoms with van der Waals surface area (Å²) in [6.07, 6.45) is 0. The van der Waals surface area contributed by atoms with Crippen molar-refractivity contribution in [3.63, 3.8) is 0 Å². The number of nitrogens with zero attached hydrogens (tertiary/aromatic N) is 2. The zero-order valence-electron chi connectivity index (χ0n) is 11.4. The quantitative estimate of drug-likeness (QED) is 0.895. The topological polar surface area (TPSA) is 94.3 Å². The van der Waals surface area contributed by atoms with Gasteiger partial charge in [-0.3, -0.25) is 0 Å². The van der Waals surface area contributed by atoms with E-state index in [1.165, 1.54) is 19.2 Å². The van der Waals surface area contributed by atoms with Crippen molar-refractivity contribution >= 4 is 10.0 Å². The first-order valence-electron chi connectivity index (χ1n) is 5.99. The predicted octanol–water partition coefficient (Wildman–Crippen LogP) is 1.35. The van der Waals surface area contributed by atoms with Crippen LogP contribution < -0.4 is 9.46 Å². The molecule has 0 amide bonds. The van der Waals surface area contributed by atoms with Gasteiger partial charge in [-0.15, -0.1) is 0 Å². The van der Waals surface area contributed by atoms with Crippen molar-refractivity contribution in [2.75, 3.05) is 13.7 Å². The summed E-state index contributed by atoms with van der Waals surface area (Å²) in [6.45, 7) is 3.96. The summed E-state index contributed by atoms with van der Waals surface area (Å²) in [7, 11) is -2.20. The lowest BCUT2D eigenvalue weighted by atomic mass is 10.2. The first-order chi connectivity index (χ1) is 9.47. The van der Waals surface area contributed by atoms with E-state index in [1.807, 2.05) is 6.92 Å². The Morgan fingerprint density at radius 1 is 1.40 bits per heavy atom. The Balaban J connectivity index is 2.59. The van der Waals surface area contributed by atoms with E-state index < -0.39 is 10.0 Å². The fraction of sp³-hybridized carbons (Fsp3) is 0.333. The Kier molecular flexibility index (Phi) is 4.05. The summed E-state index contributed by atoms with van der Waals surface area (Å²) >= 11 is 0. The maximum atomic E-state index is 11.8. The molecule has 108 valence electrons. The maximum absolute atomic E-state index is 11.8. The Bertz CT molecular complexity index is 709. The van der Waals surface area contributed by atoms with Crippen LogP contribution in [0, 0.1) is 6.92 Å². The second-order valence-corrected chi connectivity index (χ2v) is 5.83. The standard InChI is InChI=1S/C12H15N3O4S/c1-4-18-11-6-5-9(20(16,17)13-3)7-10(11)12-14-8(2)15-19-12/h5-7,13H,4H2,1-3H3. The van der Waals surface area contributed by atoms with Crippen LogP contribution in [0.2, 0.25) is 0 Å². The van der Waals surface area contributed by atoms with E-state index in [9.17, 15) is 8.42 Å². The Hall–Kier alpha value is -1.93. The van der Waals surface area contributed by atoms with Crippen molar-refractivity contribution in [3.05, 3.63) is 24.0 Å². The lowest BCUT2D eigenvalue weighted by Gasteiger charge is -2.09. The predicted molar refractivity (Wildman–Crippen MR) is 71.9 cm³/mol. The van der Waals surface area contributed by atoms with Gasteiger partial charge in [0.15, 0.2) is 5.82 Å². The van der Waals surface area contributed by atoms with Gasteiger partial charge in [-0.25, -0.2) is 13.1 Å². The minimum Gasteiger partial charge on any atom is -0.493 e. The minimum absolute atomic E-state index is 0.106. The van der Waals surface area contributed by atoms with Crippen LogP contribution in [-0.2, 0) is 10.0 Å². The molecule has 0 aliphatic rings. The number of benzene rings is 1. The van der Waals surface area contributed by atoms with Gasteiger partial charge in [-0.1, -0.05) is 5.16 Å². The van der Waals surface area contributed by atoms with E-state index in [0.717, 1.165) is 0 Å². The van der Waals surface area contributed by atoms with E-state index >= 15 is 0 Å². The average Bonchev–Trinajstić information content (AvgIpc) is 2.86. The van der Waals surface area contributed by atoms with Gasteiger partial charge in [-0.05, 0) is 39.1 Å². The van der Waals surface area contributed by atoms with Gasteiger partial charge in [0.05, 0.1) is 17.1 Å². The van der Waals surface area contributed by atoms with Crippen molar-refractivity contribution in [1.29, 1.82) is 0 Å². The molecule has 8 heteroatoms. The third-order valence-corrected chi connectivity index (χ3v) is 4.00. The van der Waals surface area contributed by atoms with Crippen molar-refractivity contribution < 1.29 is 17.7 Å². The number of sulfonamides is 1. The van der Waals surface area contributed by atoms with Crippen LogP contribution in [0.3, 0.4) is 0 Å². The zero-order valence-corrected chi connectivity index (χ0v) is 12.2. The maximum Gasteiger partial charge on any atom is 0.261 e. The number of rotatable bonds is 5. The molecule has 0 spiro atoms. The third kappa shape index (κ3) is 2.81. The molecular weight excluding hydrogens is 282 g/mol. The molecule has 0 fully saturated rings. The van der Waals surface area contributed by atoms with E-state index in [0.29, 0.717) is 23.7 Å². The monoisotopic (exact) mass is 297 g/mol. The molecule has 1 N–H and O–H groups in total. The zero-order chi connectivity index (χ0) is 14.8. The summed E-state index contributed by atoms with van der Waals surface area (Å²) < 4.78 is 36.5. The molecule has 1 aromatic carbocycles. The number of nitrogens with one attached hydrogen (secondary N) is 1. The van der Waals surface area contributed by atoms with Gasteiger partial charge >= 0.3 is 0 Å². The second kappa shape index (κ2) is 5.59. The first-order valence-corrected chi connectivity index (χ1v) is 7.47. The summed E-state index contributed by atoms with van der Waals surface area (Å²) in [6, 6.07) is 4.48. The van der Waals surface area contributed by atoms with Crippen molar-refractivity contribution in [1.82, 2.24) is 14.9 Å². The minimum atomic E-state index is -3.55. The first kappa shape index (κ1) is 14.5. The summed E-state index contributed by atoms with van der Waals surface area (Å²) in [4.78, 5) is 4.21. The van der Waals surface area contributed by atoms with E-state index in [1.54, 1.807) is 13.0 Å². The highest BCUT2D eigenvalue weighted by Gasteiger charge is 2.18. The van der Waals surface area contributed by atoms with Crippen molar-refractivity contribution in [2.45, 2.75) is 18.7 Å². The SMILES string of the molecule is CCOc1ccc(S(=O)(=O)NC)cc1-c1nc(C)no1. The molecule has 1 heterocycles. The van der Waals surface area contributed by atoms with Crippen molar-refractivity contribution in [2.24, 2.45) is 0 Å². The average molecular weight is 297 g/mol. The van der Waals surface area contributed by atoms with Crippen LogP contribution in [0.5, 0.6) is 5.75 Å². The van der Waals surface area contributed by atoms with Crippen LogP contribution in [0.25, 0.3) is 11.5 Å². The van der Waals surface area contributed by atoms with Crippen LogP contribution in [0.1, 0.15) is 12.7 Å². The van der Waals surface area contributed by atoms with E-state index in [4.69, 9.17) is 9.26 Å². The number of aryl methyl sites for hydroxylation is 1. The molecule has 1 aromatic heterocycles. The molecule has 0 unspecified atom stereocenters. The van der Waals surface area contributed by atoms with Gasteiger partial charge in [0, 0.05) is 0 Å². The highest BCUT2D eigenvalue weighted by molar-refractivity contribution is 7.89. The molecule has 0 atom stereocenters. The summed E-state index contributed by atoms with van der Waals surface area (Å²) in [5, 5.41) is 3.70. The molecule has 0 bridgehead atoms. The molecule has 2 aromatic rings. The smallest absolute Gasteiger partial charge is 0.261 e. The molecule has 0 aliphatic heterocycles. The third-order valence-electron chi connectivity index (χ3n) is 2.59. The molecule has 2 rings (SSSR count). The Morgan fingerprint density at radius 2 is 2.15 bits per heavy atom. The molecule has 7 nitrogen and oxygen atoms in total. The number of ether oxygens (including phenoxy) is 1. The molecule has 20 heavy (non-hydrogen) atoms. The van der Waals surface area contributed by atoms with E-state index in [-0.39, 0.29) is 10.8 Å². The normalized spacial score (nSPS) is 11.6. The lowest BCUT2D eigenvalue weighted by molar-refractivity contribution is 0.339. The van der Waals surface area contributed by atoms with Gasteiger partial charge in [0.1, 0.15) is 5.75 Å². The van der Waals surface area contributed by atoms with Gasteiger partial charge in [0.25, 0.3) is 5.89 Å².